The fourth-order valence-electron chi connectivity index (χ4n) is 4.29. The molecule has 4 rings (SSSR count). The van der Waals surface area contributed by atoms with E-state index < -0.39 is 5.97 Å². The lowest BCUT2D eigenvalue weighted by Gasteiger charge is -2.25. The predicted molar refractivity (Wildman–Crippen MR) is 126 cm³/mol. The number of hydrogen-bond acceptors (Lipinski definition) is 4. The van der Waals surface area contributed by atoms with Gasteiger partial charge in [-0.05, 0) is 68.5 Å². The number of benzene rings is 2. The number of rotatable bonds is 5. The van der Waals surface area contributed by atoms with Crippen molar-refractivity contribution in [2.45, 2.75) is 46.2 Å². The number of carbonyl (C=O) groups excluding carboxylic acids is 1. The number of carboxylic acid groups (broad SMARTS) is 1. The van der Waals surface area contributed by atoms with Gasteiger partial charge in [-0.2, -0.15) is 0 Å². The van der Waals surface area contributed by atoms with Gasteiger partial charge in [0, 0.05) is 17.3 Å². The molecule has 0 saturated carbocycles. The third-order valence-electron chi connectivity index (χ3n) is 6.07. The van der Waals surface area contributed by atoms with Crippen LogP contribution < -0.4 is 5.32 Å². The highest BCUT2D eigenvalue weighted by atomic mass is 35.5. The fourth-order valence-corrected chi connectivity index (χ4v) is 4.42. The quantitative estimate of drug-likeness (QED) is 0.551. The van der Waals surface area contributed by atoms with E-state index >= 15 is 0 Å². The molecule has 1 aliphatic heterocycles. The zero-order chi connectivity index (χ0) is 23.7. The summed E-state index contributed by atoms with van der Waals surface area (Å²) in [5.41, 5.74) is 3.19. The van der Waals surface area contributed by atoms with E-state index in [9.17, 15) is 14.7 Å². The average Bonchev–Trinajstić information content (AvgIpc) is 3.38. The molecule has 3 aromatic rings. The van der Waals surface area contributed by atoms with Gasteiger partial charge in [0.05, 0.1) is 18.2 Å². The van der Waals surface area contributed by atoms with Crippen LogP contribution in [0.1, 0.15) is 57.6 Å². The number of aromatic carboxylic acids is 1. The van der Waals surface area contributed by atoms with Gasteiger partial charge in [-0.15, -0.1) is 10.2 Å². The van der Waals surface area contributed by atoms with Gasteiger partial charge in [-0.1, -0.05) is 29.8 Å². The van der Waals surface area contributed by atoms with Crippen LogP contribution in [0.5, 0.6) is 0 Å². The lowest BCUT2D eigenvalue weighted by molar-refractivity contribution is 0.0696. The van der Waals surface area contributed by atoms with Crippen LogP contribution >= 0.6 is 11.6 Å². The fraction of sp³-hybridized carbons (Fsp3) is 0.333. The number of hydrogen-bond donors (Lipinski definition) is 2. The first-order chi connectivity index (χ1) is 15.7. The summed E-state index contributed by atoms with van der Waals surface area (Å²) in [6.45, 7) is 6.65. The molecule has 2 aromatic carbocycles. The van der Waals surface area contributed by atoms with Gasteiger partial charge in [-0.3, -0.25) is 0 Å². The first-order valence-corrected chi connectivity index (χ1v) is 11.2. The zero-order valence-corrected chi connectivity index (χ0v) is 19.6. The second-order valence-electron chi connectivity index (χ2n) is 8.39. The number of nitrogens with zero attached hydrogens (tertiary/aromatic N) is 4. The molecule has 2 amide bonds. The zero-order valence-electron chi connectivity index (χ0n) is 18.8. The van der Waals surface area contributed by atoms with Gasteiger partial charge in [0.25, 0.3) is 0 Å². The summed E-state index contributed by atoms with van der Waals surface area (Å²) in [5.74, 6) is 0.488. The molecular weight excluding hydrogens is 442 g/mol. The molecule has 172 valence electrons. The lowest BCUT2D eigenvalue weighted by atomic mass is 10.0. The van der Waals surface area contributed by atoms with Crippen molar-refractivity contribution in [2.24, 2.45) is 0 Å². The van der Waals surface area contributed by atoms with Crippen LogP contribution in [0.25, 0.3) is 0 Å². The topological polar surface area (TPSA) is 100 Å². The normalized spacial score (nSPS) is 15.6. The van der Waals surface area contributed by atoms with E-state index in [1.54, 1.807) is 17.9 Å². The maximum atomic E-state index is 13.2. The molecule has 0 spiro atoms. The van der Waals surface area contributed by atoms with Crippen LogP contribution in [0.4, 0.5) is 10.5 Å². The Morgan fingerprint density at radius 2 is 1.85 bits per heavy atom. The molecule has 2 N–H and O–H groups in total. The Hall–Kier alpha value is -3.39. The summed E-state index contributed by atoms with van der Waals surface area (Å²) in [6, 6.07) is 10.4. The van der Waals surface area contributed by atoms with Gasteiger partial charge in [0.1, 0.15) is 5.82 Å². The van der Waals surface area contributed by atoms with Crippen molar-refractivity contribution < 1.29 is 14.7 Å². The highest BCUT2D eigenvalue weighted by Crippen LogP contribution is 2.33. The van der Waals surface area contributed by atoms with Gasteiger partial charge in [-0.25, -0.2) is 9.59 Å². The minimum atomic E-state index is -1.02. The third kappa shape index (κ3) is 4.71. The van der Waals surface area contributed by atoms with E-state index in [-0.39, 0.29) is 17.6 Å². The Bertz CT molecular complexity index is 1210. The summed E-state index contributed by atoms with van der Waals surface area (Å²) < 4.78 is 2.03. The molecule has 33 heavy (non-hydrogen) atoms. The SMILES string of the molecule is Cc1cc(C)c(C(=O)O)cc1NC(=O)N1CCC[C@@H]1c1nnc(C)n1Cc1ccc(Cl)cc1. The van der Waals surface area contributed by atoms with Crippen LogP contribution in [-0.2, 0) is 6.54 Å². The Balaban J connectivity index is 1.58. The van der Waals surface area contributed by atoms with Gasteiger partial charge in [0.2, 0.25) is 0 Å². The predicted octanol–water partition coefficient (Wildman–Crippen LogP) is 4.97. The summed E-state index contributed by atoms with van der Waals surface area (Å²) in [7, 11) is 0. The summed E-state index contributed by atoms with van der Waals surface area (Å²) in [6.07, 6.45) is 1.62. The average molecular weight is 468 g/mol. The minimum Gasteiger partial charge on any atom is -0.478 e. The first-order valence-electron chi connectivity index (χ1n) is 10.8. The second-order valence-corrected chi connectivity index (χ2v) is 8.82. The highest BCUT2D eigenvalue weighted by molar-refractivity contribution is 6.30. The minimum absolute atomic E-state index is 0.173. The van der Waals surface area contributed by atoms with E-state index in [1.807, 2.05) is 42.7 Å². The Labute approximate surface area is 197 Å². The monoisotopic (exact) mass is 467 g/mol. The molecule has 8 nitrogen and oxygen atoms in total. The Kier molecular flexibility index (Phi) is 6.37. The highest BCUT2D eigenvalue weighted by Gasteiger charge is 2.34. The molecule has 1 saturated heterocycles. The van der Waals surface area contributed by atoms with E-state index in [0.29, 0.717) is 29.4 Å². The molecule has 1 atom stereocenters. The van der Waals surface area contributed by atoms with Crippen LogP contribution in [0.3, 0.4) is 0 Å². The number of carboxylic acids is 1. The van der Waals surface area contributed by atoms with E-state index in [1.165, 1.54) is 6.07 Å². The van der Waals surface area contributed by atoms with E-state index in [0.717, 1.165) is 35.6 Å². The molecule has 2 heterocycles. The summed E-state index contributed by atoms with van der Waals surface area (Å²) >= 11 is 6.01. The summed E-state index contributed by atoms with van der Waals surface area (Å²) in [5, 5.41) is 21.7. The van der Waals surface area contributed by atoms with Crippen molar-refractivity contribution in [3.05, 3.63) is 75.3 Å². The maximum absolute atomic E-state index is 13.2. The standard InChI is InChI=1S/C24H26ClN5O3/c1-14-11-15(2)20(12-19(14)23(31)32)26-24(33)29-10-4-5-21(29)22-28-27-16(3)30(22)13-17-6-8-18(25)9-7-17/h6-9,11-12,21H,4-5,10,13H2,1-3H3,(H,26,33)(H,31,32)/t21-/m1/s1. The van der Waals surface area contributed by atoms with Crippen molar-refractivity contribution in [3.63, 3.8) is 0 Å². The van der Waals surface area contributed by atoms with Crippen molar-refractivity contribution in [1.29, 1.82) is 0 Å². The van der Waals surface area contributed by atoms with Crippen molar-refractivity contribution in [3.8, 4) is 0 Å². The van der Waals surface area contributed by atoms with Crippen molar-refractivity contribution in [2.75, 3.05) is 11.9 Å². The number of aromatic nitrogens is 3. The number of halogens is 1. The van der Waals surface area contributed by atoms with Crippen LogP contribution in [0.2, 0.25) is 5.02 Å². The van der Waals surface area contributed by atoms with Gasteiger partial charge in [0.15, 0.2) is 5.82 Å². The largest absolute Gasteiger partial charge is 0.478 e. The third-order valence-corrected chi connectivity index (χ3v) is 6.33. The smallest absolute Gasteiger partial charge is 0.336 e. The van der Waals surface area contributed by atoms with Gasteiger partial charge >= 0.3 is 12.0 Å². The molecule has 1 fully saturated rings. The number of carbonyl (C=O) groups is 2. The number of amides is 2. The molecule has 0 bridgehead atoms. The van der Waals surface area contributed by atoms with Crippen LogP contribution in [0, 0.1) is 20.8 Å². The summed E-state index contributed by atoms with van der Waals surface area (Å²) in [4.78, 5) is 26.5. The molecule has 0 aliphatic carbocycles. The first kappa shape index (κ1) is 22.8. The Morgan fingerprint density at radius 1 is 1.12 bits per heavy atom. The number of aryl methyl sites for hydroxylation is 3. The molecule has 0 radical (unpaired) electrons. The number of likely N-dealkylation sites (tertiary alicyclic amines) is 1. The lowest BCUT2D eigenvalue weighted by Crippen LogP contribution is -2.36. The van der Waals surface area contributed by atoms with E-state index in [4.69, 9.17) is 11.6 Å². The Morgan fingerprint density at radius 3 is 2.55 bits per heavy atom. The molecule has 0 unspecified atom stereocenters. The molecular formula is C24H26ClN5O3. The van der Waals surface area contributed by atoms with Crippen molar-refractivity contribution >= 4 is 29.3 Å². The molecule has 9 heteroatoms. The number of anilines is 1. The number of urea groups is 1. The van der Waals surface area contributed by atoms with Crippen LogP contribution in [0.15, 0.2) is 36.4 Å². The molecule has 1 aliphatic rings. The van der Waals surface area contributed by atoms with Crippen LogP contribution in [-0.4, -0.2) is 43.3 Å². The van der Waals surface area contributed by atoms with E-state index in [2.05, 4.69) is 15.5 Å². The molecule has 1 aromatic heterocycles. The van der Waals surface area contributed by atoms with Crippen molar-refractivity contribution in [1.82, 2.24) is 19.7 Å². The maximum Gasteiger partial charge on any atom is 0.336 e. The number of nitrogens with one attached hydrogen (secondary N) is 1. The second kappa shape index (κ2) is 9.23. The van der Waals surface area contributed by atoms with Gasteiger partial charge < -0.3 is 19.9 Å².